The van der Waals surface area contributed by atoms with Crippen LogP contribution in [-0.4, -0.2) is 23.5 Å². The number of ether oxygens (including phenoxy) is 1. The molecule has 0 spiro atoms. The Morgan fingerprint density at radius 3 is 2.43 bits per heavy atom. The van der Waals surface area contributed by atoms with Crippen LogP contribution >= 0.6 is 0 Å². The number of carbonyl (C=O) groups is 2. The predicted molar refractivity (Wildman–Crippen MR) is 117 cm³/mol. The summed E-state index contributed by atoms with van der Waals surface area (Å²) in [5.41, 5.74) is 5.62. The number of aliphatic imine (C=N–C) groups is 1. The summed E-state index contributed by atoms with van der Waals surface area (Å²) in [6.45, 7) is 2.22. The second kappa shape index (κ2) is 8.87. The van der Waals surface area contributed by atoms with Gasteiger partial charge in [-0.1, -0.05) is 84.4 Å². The first-order valence-corrected chi connectivity index (χ1v) is 10.1. The average Bonchev–Trinajstić information content (AvgIpc) is 2.90. The van der Waals surface area contributed by atoms with E-state index in [2.05, 4.69) is 0 Å². The number of aryl methyl sites for hydroxylation is 1. The fourth-order valence-electron chi connectivity index (χ4n) is 3.56. The zero-order valence-electron chi connectivity index (χ0n) is 16.9. The van der Waals surface area contributed by atoms with E-state index < -0.39 is 12.0 Å². The molecular weight excluding hydrogens is 374 g/mol. The molecule has 0 bridgehead atoms. The molecule has 0 saturated carbocycles. The van der Waals surface area contributed by atoms with Gasteiger partial charge in [0.1, 0.15) is 12.6 Å². The quantitative estimate of drug-likeness (QED) is 0.597. The standard InChI is InChI=1S/C26H23NO3/c1-18-11-13-20(14-12-18)26-22-10-6-5-9-21(22)15-24(28)23(27-26)16-25(29)30-17-19-7-3-2-4-8-19/h2-14,23H,15-17H2,1H3. The maximum absolute atomic E-state index is 12.9. The number of fused-ring (bicyclic) bond motifs is 1. The van der Waals surface area contributed by atoms with Crippen LogP contribution in [0.4, 0.5) is 0 Å². The zero-order valence-corrected chi connectivity index (χ0v) is 16.9. The molecule has 0 saturated heterocycles. The number of rotatable bonds is 5. The second-order valence-corrected chi connectivity index (χ2v) is 7.51. The van der Waals surface area contributed by atoms with Crippen LogP contribution in [0.5, 0.6) is 0 Å². The van der Waals surface area contributed by atoms with Crippen LogP contribution in [0.25, 0.3) is 0 Å². The summed E-state index contributed by atoms with van der Waals surface area (Å²) in [4.78, 5) is 30.1. The largest absolute Gasteiger partial charge is 0.461 e. The molecule has 0 N–H and O–H groups in total. The van der Waals surface area contributed by atoms with Crippen molar-refractivity contribution in [3.63, 3.8) is 0 Å². The molecule has 4 rings (SSSR count). The monoisotopic (exact) mass is 397 g/mol. The van der Waals surface area contributed by atoms with E-state index in [0.717, 1.165) is 33.5 Å². The van der Waals surface area contributed by atoms with Crippen molar-refractivity contribution in [1.29, 1.82) is 0 Å². The Hall–Kier alpha value is -3.53. The lowest BCUT2D eigenvalue weighted by atomic mass is 9.95. The zero-order chi connectivity index (χ0) is 20.9. The highest BCUT2D eigenvalue weighted by atomic mass is 16.5. The van der Waals surface area contributed by atoms with E-state index in [4.69, 9.17) is 9.73 Å². The van der Waals surface area contributed by atoms with Crippen LogP contribution in [0.2, 0.25) is 0 Å². The van der Waals surface area contributed by atoms with E-state index in [0.29, 0.717) is 0 Å². The molecule has 30 heavy (non-hydrogen) atoms. The first-order valence-electron chi connectivity index (χ1n) is 10.1. The maximum Gasteiger partial charge on any atom is 0.308 e. The Kier molecular flexibility index (Phi) is 5.84. The van der Waals surface area contributed by atoms with Gasteiger partial charge in [-0.25, -0.2) is 0 Å². The molecule has 0 radical (unpaired) electrons. The molecule has 0 fully saturated rings. The molecule has 3 aromatic carbocycles. The van der Waals surface area contributed by atoms with Crippen LogP contribution in [-0.2, 0) is 27.4 Å². The van der Waals surface area contributed by atoms with Gasteiger partial charge in [0, 0.05) is 17.5 Å². The molecule has 1 heterocycles. The van der Waals surface area contributed by atoms with Crippen molar-refractivity contribution in [3.8, 4) is 0 Å². The van der Waals surface area contributed by atoms with E-state index in [-0.39, 0.29) is 25.2 Å². The molecule has 0 amide bonds. The number of nitrogens with zero attached hydrogens (tertiary/aromatic N) is 1. The Labute approximate surface area is 176 Å². The third-order valence-electron chi connectivity index (χ3n) is 5.22. The molecule has 0 aromatic heterocycles. The van der Waals surface area contributed by atoms with E-state index in [1.165, 1.54) is 0 Å². The summed E-state index contributed by atoms with van der Waals surface area (Å²) in [6.07, 6.45) is 0.195. The Balaban J connectivity index is 1.59. The van der Waals surface area contributed by atoms with Gasteiger partial charge in [-0.15, -0.1) is 0 Å². The molecular formula is C26H23NO3. The van der Waals surface area contributed by atoms with Crippen molar-refractivity contribution in [2.45, 2.75) is 32.4 Å². The van der Waals surface area contributed by atoms with Crippen LogP contribution in [0.1, 0.15) is 34.2 Å². The Morgan fingerprint density at radius 2 is 1.67 bits per heavy atom. The van der Waals surface area contributed by atoms with Crippen molar-refractivity contribution < 1.29 is 14.3 Å². The number of hydrogen-bond acceptors (Lipinski definition) is 4. The van der Waals surface area contributed by atoms with Gasteiger partial charge in [0.15, 0.2) is 5.78 Å². The maximum atomic E-state index is 12.9. The van der Waals surface area contributed by atoms with Gasteiger partial charge in [-0.2, -0.15) is 0 Å². The van der Waals surface area contributed by atoms with Gasteiger partial charge in [-0.05, 0) is 18.1 Å². The van der Waals surface area contributed by atoms with Crippen molar-refractivity contribution in [3.05, 3.63) is 107 Å². The molecule has 1 aliphatic heterocycles. The fourth-order valence-corrected chi connectivity index (χ4v) is 3.56. The number of Topliss-reactive ketones (excluding diaryl/α,β-unsaturated/α-hetero) is 1. The first-order chi connectivity index (χ1) is 14.6. The third kappa shape index (κ3) is 4.54. The number of esters is 1. The second-order valence-electron chi connectivity index (χ2n) is 7.51. The lowest BCUT2D eigenvalue weighted by Crippen LogP contribution is -2.24. The Bertz CT molecular complexity index is 1080. The number of benzene rings is 3. The summed E-state index contributed by atoms with van der Waals surface area (Å²) in [7, 11) is 0. The summed E-state index contributed by atoms with van der Waals surface area (Å²) in [5, 5.41) is 0. The molecule has 0 aliphatic carbocycles. The van der Waals surface area contributed by atoms with Crippen molar-refractivity contribution >= 4 is 17.5 Å². The summed E-state index contributed by atoms with van der Waals surface area (Å²) >= 11 is 0. The molecule has 3 aromatic rings. The van der Waals surface area contributed by atoms with E-state index in [9.17, 15) is 9.59 Å². The normalized spacial score (nSPS) is 15.7. The van der Waals surface area contributed by atoms with Crippen LogP contribution in [0.3, 0.4) is 0 Å². The summed E-state index contributed by atoms with van der Waals surface area (Å²) < 4.78 is 5.39. The highest BCUT2D eigenvalue weighted by Gasteiger charge is 2.28. The average molecular weight is 397 g/mol. The molecule has 4 nitrogen and oxygen atoms in total. The SMILES string of the molecule is Cc1ccc(C2=NC(CC(=O)OCc3ccccc3)C(=O)Cc3ccccc32)cc1. The highest BCUT2D eigenvalue weighted by Crippen LogP contribution is 2.23. The van der Waals surface area contributed by atoms with Gasteiger partial charge in [0.2, 0.25) is 0 Å². The van der Waals surface area contributed by atoms with E-state index in [1.807, 2.05) is 85.8 Å². The van der Waals surface area contributed by atoms with Gasteiger partial charge in [-0.3, -0.25) is 14.6 Å². The van der Waals surface area contributed by atoms with Crippen molar-refractivity contribution in [2.75, 3.05) is 0 Å². The number of ketones is 1. The first kappa shape index (κ1) is 19.8. The minimum atomic E-state index is -0.753. The topological polar surface area (TPSA) is 55.7 Å². The van der Waals surface area contributed by atoms with Crippen LogP contribution < -0.4 is 0 Å². The summed E-state index contributed by atoms with van der Waals surface area (Å²) in [5.74, 6) is -0.489. The minimum absolute atomic E-state index is 0.0605. The van der Waals surface area contributed by atoms with E-state index >= 15 is 0 Å². The molecule has 4 heteroatoms. The molecule has 1 unspecified atom stereocenters. The lowest BCUT2D eigenvalue weighted by Gasteiger charge is -2.12. The van der Waals surface area contributed by atoms with Crippen LogP contribution in [0, 0.1) is 6.92 Å². The van der Waals surface area contributed by atoms with Crippen molar-refractivity contribution in [2.24, 2.45) is 4.99 Å². The summed E-state index contributed by atoms with van der Waals surface area (Å²) in [6, 6.07) is 24.6. The van der Waals surface area contributed by atoms with E-state index in [1.54, 1.807) is 0 Å². The predicted octanol–water partition coefficient (Wildman–Crippen LogP) is 4.46. The number of carbonyl (C=O) groups excluding carboxylic acids is 2. The smallest absolute Gasteiger partial charge is 0.308 e. The molecule has 1 atom stereocenters. The molecule has 150 valence electrons. The Morgan fingerprint density at radius 1 is 0.967 bits per heavy atom. The van der Waals surface area contributed by atoms with Gasteiger partial charge >= 0.3 is 5.97 Å². The van der Waals surface area contributed by atoms with Crippen molar-refractivity contribution in [1.82, 2.24) is 0 Å². The van der Waals surface area contributed by atoms with Gasteiger partial charge in [0.05, 0.1) is 12.1 Å². The minimum Gasteiger partial charge on any atom is -0.461 e. The molecule has 1 aliphatic rings. The van der Waals surface area contributed by atoms with Gasteiger partial charge in [0.25, 0.3) is 0 Å². The fraction of sp³-hybridized carbons (Fsp3) is 0.192. The van der Waals surface area contributed by atoms with Gasteiger partial charge < -0.3 is 4.74 Å². The third-order valence-corrected chi connectivity index (χ3v) is 5.22. The van der Waals surface area contributed by atoms with Crippen LogP contribution in [0.15, 0.2) is 83.9 Å². The highest BCUT2D eigenvalue weighted by molar-refractivity contribution is 6.16. The lowest BCUT2D eigenvalue weighted by molar-refractivity contribution is -0.146. The number of hydrogen-bond donors (Lipinski definition) is 0.